The van der Waals surface area contributed by atoms with Crippen LogP contribution in [-0.2, 0) is 0 Å². The molecule has 1 saturated heterocycles. The second-order valence-electron chi connectivity index (χ2n) is 7.52. The lowest BCUT2D eigenvalue weighted by Gasteiger charge is -2.32. The average Bonchev–Trinajstić information content (AvgIpc) is 3.30. The molecule has 3 aliphatic rings. The minimum Gasteiger partial charge on any atom is -0.329 e. The zero-order chi connectivity index (χ0) is 13.5. The van der Waals surface area contributed by atoms with Crippen molar-refractivity contribution >= 4 is 0 Å². The molecule has 3 nitrogen and oxygen atoms in total. The van der Waals surface area contributed by atoms with Gasteiger partial charge in [0.25, 0.3) is 0 Å². The molecule has 0 radical (unpaired) electrons. The predicted octanol–water partition coefficient (Wildman–Crippen LogP) is 1.82. The third-order valence-corrected chi connectivity index (χ3v) is 5.67. The number of nitrogens with two attached hydrogens (primary N) is 1. The first-order chi connectivity index (χ1) is 9.13. The lowest BCUT2D eigenvalue weighted by Crippen LogP contribution is -2.55. The number of nitrogens with one attached hydrogen (secondary N) is 1. The van der Waals surface area contributed by atoms with E-state index in [-0.39, 0.29) is 5.54 Å². The molecule has 3 N–H and O–H groups in total. The third-order valence-electron chi connectivity index (χ3n) is 5.67. The molecule has 1 aliphatic heterocycles. The standard InChI is InChI=1S/C16H31N3/c1-12(2)19-8-7-16(10-17,11-19)18-9-15(13-3-4-13)14-5-6-14/h12-15,18H,3-11,17H2,1-2H3. The highest BCUT2D eigenvalue weighted by Gasteiger charge is 2.43. The smallest absolute Gasteiger partial charge is 0.0445 e. The highest BCUT2D eigenvalue weighted by atomic mass is 15.2. The summed E-state index contributed by atoms with van der Waals surface area (Å²) >= 11 is 0. The molecule has 0 amide bonds. The van der Waals surface area contributed by atoms with E-state index in [4.69, 9.17) is 5.73 Å². The van der Waals surface area contributed by atoms with E-state index in [0.717, 1.165) is 30.8 Å². The van der Waals surface area contributed by atoms with Crippen molar-refractivity contribution in [3.05, 3.63) is 0 Å². The number of likely N-dealkylation sites (tertiary alicyclic amines) is 1. The molecule has 0 aromatic rings. The molecule has 3 rings (SSSR count). The van der Waals surface area contributed by atoms with E-state index in [9.17, 15) is 0 Å². The van der Waals surface area contributed by atoms with Gasteiger partial charge in [-0.15, -0.1) is 0 Å². The Labute approximate surface area is 118 Å². The third kappa shape index (κ3) is 3.14. The zero-order valence-electron chi connectivity index (χ0n) is 12.7. The molecular weight excluding hydrogens is 234 g/mol. The van der Waals surface area contributed by atoms with Gasteiger partial charge in [-0.1, -0.05) is 0 Å². The average molecular weight is 265 g/mol. The van der Waals surface area contributed by atoms with Gasteiger partial charge < -0.3 is 11.1 Å². The van der Waals surface area contributed by atoms with Gasteiger partial charge in [0.15, 0.2) is 0 Å². The van der Waals surface area contributed by atoms with Crippen LogP contribution in [0.3, 0.4) is 0 Å². The Kier molecular flexibility index (Phi) is 3.89. The molecule has 0 aromatic heterocycles. The van der Waals surface area contributed by atoms with E-state index < -0.39 is 0 Å². The van der Waals surface area contributed by atoms with Crippen LogP contribution in [0.15, 0.2) is 0 Å². The van der Waals surface area contributed by atoms with Crippen LogP contribution in [0, 0.1) is 17.8 Å². The molecule has 3 fully saturated rings. The number of hydrogen-bond donors (Lipinski definition) is 2. The molecule has 110 valence electrons. The molecule has 1 unspecified atom stereocenters. The van der Waals surface area contributed by atoms with Crippen molar-refractivity contribution in [2.75, 3.05) is 26.2 Å². The second kappa shape index (κ2) is 5.34. The van der Waals surface area contributed by atoms with Crippen molar-refractivity contribution in [2.24, 2.45) is 23.5 Å². The lowest BCUT2D eigenvalue weighted by atomic mass is 9.93. The summed E-state index contributed by atoms with van der Waals surface area (Å²) in [6.07, 6.45) is 7.16. The summed E-state index contributed by atoms with van der Waals surface area (Å²) in [6.45, 7) is 8.95. The fourth-order valence-electron chi connectivity index (χ4n) is 3.83. The van der Waals surface area contributed by atoms with Crippen molar-refractivity contribution in [3.63, 3.8) is 0 Å². The molecule has 0 aromatic carbocycles. The van der Waals surface area contributed by atoms with E-state index >= 15 is 0 Å². The van der Waals surface area contributed by atoms with Gasteiger partial charge in [0.2, 0.25) is 0 Å². The Morgan fingerprint density at radius 3 is 2.26 bits per heavy atom. The fraction of sp³-hybridized carbons (Fsp3) is 1.00. The molecule has 2 aliphatic carbocycles. The van der Waals surface area contributed by atoms with Gasteiger partial charge in [0.05, 0.1) is 0 Å². The van der Waals surface area contributed by atoms with Crippen LogP contribution in [0.5, 0.6) is 0 Å². The van der Waals surface area contributed by atoms with Crippen LogP contribution in [-0.4, -0.2) is 42.7 Å². The van der Waals surface area contributed by atoms with Crippen molar-refractivity contribution < 1.29 is 0 Å². The second-order valence-corrected chi connectivity index (χ2v) is 7.52. The molecule has 2 saturated carbocycles. The number of hydrogen-bond acceptors (Lipinski definition) is 3. The Morgan fingerprint density at radius 1 is 1.21 bits per heavy atom. The monoisotopic (exact) mass is 265 g/mol. The van der Waals surface area contributed by atoms with Crippen molar-refractivity contribution in [1.29, 1.82) is 0 Å². The maximum atomic E-state index is 6.11. The van der Waals surface area contributed by atoms with Crippen LogP contribution in [0.2, 0.25) is 0 Å². The highest BCUT2D eigenvalue weighted by Crippen LogP contribution is 2.49. The molecule has 3 heteroatoms. The summed E-state index contributed by atoms with van der Waals surface area (Å²) in [7, 11) is 0. The van der Waals surface area contributed by atoms with Gasteiger partial charge in [-0.2, -0.15) is 0 Å². The maximum absolute atomic E-state index is 6.11. The molecule has 1 atom stereocenters. The van der Waals surface area contributed by atoms with Crippen LogP contribution in [0.4, 0.5) is 0 Å². The minimum atomic E-state index is 0.201. The number of rotatable bonds is 7. The minimum absolute atomic E-state index is 0.201. The van der Waals surface area contributed by atoms with Crippen LogP contribution >= 0.6 is 0 Å². The molecule has 1 heterocycles. The summed E-state index contributed by atoms with van der Waals surface area (Å²) in [5.41, 5.74) is 6.31. The Morgan fingerprint density at radius 2 is 1.84 bits per heavy atom. The topological polar surface area (TPSA) is 41.3 Å². The lowest BCUT2D eigenvalue weighted by molar-refractivity contribution is 0.230. The maximum Gasteiger partial charge on any atom is 0.0445 e. The fourth-order valence-corrected chi connectivity index (χ4v) is 3.83. The van der Waals surface area contributed by atoms with Crippen molar-refractivity contribution in [1.82, 2.24) is 10.2 Å². The van der Waals surface area contributed by atoms with Gasteiger partial charge in [-0.05, 0) is 70.3 Å². The highest BCUT2D eigenvalue weighted by molar-refractivity contribution is 5.01. The van der Waals surface area contributed by atoms with E-state index in [1.54, 1.807) is 0 Å². The summed E-state index contributed by atoms with van der Waals surface area (Å²) in [5.74, 6) is 3.03. The van der Waals surface area contributed by atoms with Gasteiger partial charge in [0, 0.05) is 31.2 Å². The van der Waals surface area contributed by atoms with Crippen molar-refractivity contribution in [3.8, 4) is 0 Å². The predicted molar refractivity (Wildman–Crippen MR) is 80.1 cm³/mol. The van der Waals surface area contributed by atoms with Crippen LogP contribution < -0.4 is 11.1 Å². The van der Waals surface area contributed by atoms with Gasteiger partial charge in [-0.25, -0.2) is 0 Å². The largest absolute Gasteiger partial charge is 0.329 e. The van der Waals surface area contributed by atoms with Crippen LogP contribution in [0.1, 0.15) is 46.0 Å². The normalized spacial score (nSPS) is 32.7. The van der Waals surface area contributed by atoms with E-state index in [0.29, 0.717) is 6.04 Å². The van der Waals surface area contributed by atoms with Crippen LogP contribution in [0.25, 0.3) is 0 Å². The summed E-state index contributed by atoms with van der Waals surface area (Å²) in [4.78, 5) is 2.57. The van der Waals surface area contributed by atoms with E-state index in [2.05, 4.69) is 24.1 Å². The van der Waals surface area contributed by atoms with E-state index in [1.807, 2.05) is 0 Å². The first kappa shape index (κ1) is 13.8. The van der Waals surface area contributed by atoms with E-state index in [1.165, 1.54) is 45.2 Å². The Hall–Kier alpha value is -0.120. The summed E-state index contributed by atoms with van der Waals surface area (Å²) in [6, 6.07) is 0.651. The molecular formula is C16H31N3. The Balaban J connectivity index is 1.54. The molecule has 0 bridgehead atoms. The van der Waals surface area contributed by atoms with Gasteiger partial charge in [0.1, 0.15) is 0 Å². The molecule has 19 heavy (non-hydrogen) atoms. The van der Waals surface area contributed by atoms with Gasteiger partial charge >= 0.3 is 0 Å². The molecule has 0 spiro atoms. The number of nitrogens with zero attached hydrogens (tertiary/aromatic N) is 1. The zero-order valence-corrected chi connectivity index (χ0v) is 12.7. The quantitative estimate of drug-likeness (QED) is 0.738. The van der Waals surface area contributed by atoms with Gasteiger partial charge in [-0.3, -0.25) is 4.90 Å². The summed E-state index contributed by atoms with van der Waals surface area (Å²) in [5, 5.41) is 3.91. The van der Waals surface area contributed by atoms with Crippen molar-refractivity contribution in [2.45, 2.75) is 57.5 Å². The first-order valence-corrected chi connectivity index (χ1v) is 8.33. The summed E-state index contributed by atoms with van der Waals surface area (Å²) < 4.78 is 0. The first-order valence-electron chi connectivity index (χ1n) is 8.33. The Bertz CT molecular complexity index is 297. The SMILES string of the molecule is CC(C)N1CCC(CN)(NCC(C2CC2)C2CC2)C1.